The van der Waals surface area contributed by atoms with Crippen molar-refractivity contribution in [2.75, 3.05) is 13.6 Å². The summed E-state index contributed by atoms with van der Waals surface area (Å²) in [7, 11) is 1.96. The molecule has 0 unspecified atom stereocenters. The van der Waals surface area contributed by atoms with Crippen molar-refractivity contribution in [1.82, 2.24) is 5.32 Å². The van der Waals surface area contributed by atoms with Crippen molar-refractivity contribution in [1.29, 1.82) is 0 Å². The summed E-state index contributed by atoms with van der Waals surface area (Å²) >= 11 is 5.96. The van der Waals surface area contributed by atoms with Gasteiger partial charge in [0.2, 0.25) is 0 Å². The minimum Gasteiger partial charge on any atom is -0.364 e. The smallest absolute Gasteiger partial charge is 0.0960 e. The maximum atomic E-state index is 6.27. The number of rotatable bonds is 3. The van der Waals surface area contributed by atoms with E-state index in [0.29, 0.717) is 0 Å². The van der Waals surface area contributed by atoms with E-state index >= 15 is 0 Å². The van der Waals surface area contributed by atoms with Gasteiger partial charge in [-0.2, -0.15) is 0 Å². The fraction of sp³-hybridized carbons (Fsp3) is 0.294. The average molecular weight is 288 g/mol. The van der Waals surface area contributed by atoms with Crippen molar-refractivity contribution in [3.05, 3.63) is 70.2 Å². The first-order valence-corrected chi connectivity index (χ1v) is 7.29. The van der Waals surface area contributed by atoms with Crippen LogP contribution in [0.1, 0.15) is 28.9 Å². The zero-order chi connectivity index (χ0) is 13.9. The maximum absolute atomic E-state index is 6.27. The topological polar surface area (TPSA) is 21.3 Å². The number of fused-ring (bicyclic) bond motifs is 1. The molecule has 3 heteroatoms. The summed E-state index contributed by atoms with van der Waals surface area (Å²) in [4.78, 5) is 0. The molecule has 1 N–H and O–H groups in total. The number of hydrogen-bond donors (Lipinski definition) is 1. The Labute approximate surface area is 124 Å². The van der Waals surface area contributed by atoms with Crippen LogP contribution in [0.3, 0.4) is 0 Å². The quantitative estimate of drug-likeness (QED) is 0.924. The summed E-state index contributed by atoms with van der Waals surface area (Å²) in [5.41, 5.74) is 3.86. The number of likely N-dealkylation sites (N-methyl/N-ethyl adjacent to an activating group) is 1. The van der Waals surface area contributed by atoms with Gasteiger partial charge < -0.3 is 10.1 Å². The minimum atomic E-state index is 0.0977. The largest absolute Gasteiger partial charge is 0.364 e. The molecule has 0 spiro atoms. The molecule has 3 rings (SSSR count). The molecule has 0 fully saturated rings. The van der Waals surface area contributed by atoms with E-state index in [0.717, 1.165) is 18.0 Å². The molecule has 1 heterocycles. The highest BCUT2D eigenvalue weighted by molar-refractivity contribution is 6.30. The summed E-state index contributed by atoms with van der Waals surface area (Å²) in [5, 5.41) is 3.97. The number of ether oxygens (including phenoxy) is 1. The molecule has 0 saturated carbocycles. The highest BCUT2D eigenvalue weighted by Crippen LogP contribution is 2.37. The molecule has 0 aliphatic carbocycles. The number of nitrogens with one attached hydrogen (secondary N) is 1. The third-order valence-electron chi connectivity index (χ3n) is 3.77. The van der Waals surface area contributed by atoms with Gasteiger partial charge >= 0.3 is 0 Å². The Balaban J connectivity index is 1.91. The molecular weight excluding hydrogens is 270 g/mol. The van der Waals surface area contributed by atoms with Crippen LogP contribution in [-0.4, -0.2) is 13.6 Å². The van der Waals surface area contributed by atoms with E-state index in [4.69, 9.17) is 16.3 Å². The van der Waals surface area contributed by atoms with E-state index in [1.54, 1.807) is 0 Å². The van der Waals surface area contributed by atoms with Gasteiger partial charge in [0.05, 0.1) is 12.2 Å². The normalized spacial score (nSPS) is 21.5. The molecule has 2 aromatic carbocycles. The fourth-order valence-electron chi connectivity index (χ4n) is 2.77. The molecule has 1 aliphatic rings. The average Bonchev–Trinajstić information content (AvgIpc) is 2.48. The predicted molar refractivity (Wildman–Crippen MR) is 82.1 cm³/mol. The zero-order valence-electron chi connectivity index (χ0n) is 11.5. The third-order valence-corrected chi connectivity index (χ3v) is 4.02. The first-order chi connectivity index (χ1) is 9.78. The molecule has 0 bridgehead atoms. The van der Waals surface area contributed by atoms with Gasteiger partial charge in [0.25, 0.3) is 0 Å². The van der Waals surface area contributed by atoms with Crippen LogP contribution >= 0.6 is 11.6 Å². The Hall–Kier alpha value is -1.35. The van der Waals surface area contributed by atoms with Crippen LogP contribution in [0.15, 0.2) is 48.5 Å². The summed E-state index contributed by atoms with van der Waals surface area (Å²) in [5.74, 6) is 0. The Morgan fingerprint density at radius 3 is 2.65 bits per heavy atom. The molecule has 0 saturated heterocycles. The van der Waals surface area contributed by atoms with Gasteiger partial charge in [-0.1, -0.05) is 48.0 Å². The standard InChI is InChI=1S/C17H18ClNO/c1-19-11-17-15-5-3-2-4-13(15)10-16(20-17)12-6-8-14(18)9-7-12/h2-9,16-17,19H,10-11H2,1H3/t16-,17-/m0/s1. The van der Waals surface area contributed by atoms with Gasteiger partial charge in [-0.15, -0.1) is 0 Å². The second kappa shape index (κ2) is 5.96. The van der Waals surface area contributed by atoms with E-state index in [1.165, 1.54) is 16.7 Å². The lowest BCUT2D eigenvalue weighted by molar-refractivity contribution is -0.0257. The molecule has 0 radical (unpaired) electrons. The van der Waals surface area contributed by atoms with Gasteiger partial charge in [0.15, 0.2) is 0 Å². The van der Waals surface area contributed by atoms with Crippen molar-refractivity contribution in [3.63, 3.8) is 0 Å². The lowest BCUT2D eigenvalue weighted by atomic mass is 9.91. The molecule has 2 nitrogen and oxygen atoms in total. The Kier molecular flexibility index (Phi) is 4.06. The van der Waals surface area contributed by atoms with Crippen molar-refractivity contribution < 1.29 is 4.74 Å². The van der Waals surface area contributed by atoms with Crippen molar-refractivity contribution in [3.8, 4) is 0 Å². The first kappa shape index (κ1) is 13.6. The van der Waals surface area contributed by atoms with Gasteiger partial charge in [-0.05, 0) is 35.9 Å². The van der Waals surface area contributed by atoms with Crippen LogP contribution in [-0.2, 0) is 11.2 Å². The summed E-state index contributed by atoms with van der Waals surface area (Å²) in [6.45, 7) is 0.821. The van der Waals surface area contributed by atoms with Crippen molar-refractivity contribution >= 4 is 11.6 Å². The molecule has 104 valence electrons. The van der Waals surface area contributed by atoms with Crippen LogP contribution in [0.25, 0.3) is 0 Å². The summed E-state index contributed by atoms with van der Waals surface area (Å²) in [6.07, 6.45) is 1.11. The van der Waals surface area contributed by atoms with Gasteiger partial charge in [0, 0.05) is 18.0 Å². The van der Waals surface area contributed by atoms with Crippen LogP contribution in [0.4, 0.5) is 0 Å². The molecule has 1 aliphatic heterocycles. The second-order valence-electron chi connectivity index (χ2n) is 5.13. The van der Waals surface area contributed by atoms with E-state index in [2.05, 4.69) is 41.7 Å². The zero-order valence-corrected chi connectivity index (χ0v) is 12.2. The summed E-state index contributed by atoms with van der Waals surface area (Å²) < 4.78 is 6.27. The molecule has 0 aromatic heterocycles. The molecule has 2 atom stereocenters. The van der Waals surface area contributed by atoms with Crippen LogP contribution in [0.2, 0.25) is 5.02 Å². The van der Waals surface area contributed by atoms with Crippen molar-refractivity contribution in [2.45, 2.75) is 18.6 Å². The Bertz CT molecular complexity index is 582. The van der Waals surface area contributed by atoms with Crippen LogP contribution in [0, 0.1) is 0 Å². The van der Waals surface area contributed by atoms with Crippen LogP contribution < -0.4 is 5.32 Å². The first-order valence-electron chi connectivity index (χ1n) is 6.91. The van der Waals surface area contributed by atoms with E-state index in [-0.39, 0.29) is 12.2 Å². The highest BCUT2D eigenvalue weighted by Gasteiger charge is 2.27. The monoisotopic (exact) mass is 287 g/mol. The summed E-state index contributed by atoms with van der Waals surface area (Å²) in [6, 6.07) is 16.5. The van der Waals surface area contributed by atoms with Crippen LogP contribution in [0.5, 0.6) is 0 Å². The molecule has 2 aromatic rings. The molecule has 20 heavy (non-hydrogen) atoms. The maximum Gasteiger partial charge on any atom is 0.0960 e. The van der Waals surface area contributed by atoms with E-state index in [9.17, 15) is 0 Å². The SMILES string of the molecule is CNC[C@@H]1O[C@H](c2ccc(Cl)cc2)Cc2ccccc21. The third kappa shape index (κ3) is 2.73. The molecule has 0 amide bonds. The van der Waals surface area contributed by atoms with Gasteiger partial charge in [-0.25, -0.2) is 0 Å². The highest BCUT2D eigenvalue weighted by atomic mass is 35.5. The Morgan fingerprint density at radius 2 is 1.90 bits per heavy atom. The predicted octanol–water partition coefficient (Wildman–Crippen LogP) is 3.91. The minimum absolute atomic E-state index is 0.0977. The molecular formula is C17H18ClNO. The van der Waals surface area contributed by atoms with E-state index in [1.807, 2.05) is 19.2 Å². The lowest BCUT2D eigenvalue weighted by Crippen LogP contribution is -2.27. The number of hydrogen-bond acceptors (Lipinski definition) is 2. The number of halogens is 1. The fourth-order valence-corrected chi connectivity index (χ4v) is 2.90. The second-order valence-corrected chi connectivity index (χ2v) is 5.56. The number of benzene rings is 2. The van der Waals surface area contributed by atoms with Gasteiger partial charge in [-0.3, -0.25) is 0 Å². The van der Waals surface area contributed by atoms with Crippen molar-refractivity contribution in [2.24, 2.45) is 0 Å². The van der Waals surface area contributed by atoms with Gasteiger partial charge in [0.1, 0.15) is 0 Å². The lowest BCUT2D eigenvalue weighted by Gasteiger charge is -2.32. The van der Waals surface area contributed by atoms with E-state index < -0.39 is 0 Å². The Morgan fingerprint density at radius 1 is 1.15 bits per heavy atom.